The van der Waals surface area contributed by atoms with Gasteiger partial charge in [0.05, 0.1) is 10.6 Å². The Balaban J connectivity index is 2.48. The Labute approximate surface area is 134 Å². The summed E-state index contributed by atoms with van der Waals surface area (Å²) in [5, 5.41) is 3.87. The molecule has 6 heteroatoms. The van der Waals surface area contributed by atoms with Gasteiger partial charge in [-0.3, -0.25) is 0 Å². The van der Waals surface area contributed by atoms with Gasteiger partial charge >= 0.3 is 0 Å². The Bertz CT molecular complexity index is 660. The number of nitrogens with one attached hydrogen (secondary N) is 1. The van der Waals surface area contributed by atoms with E-state index in [1.807, 2.05) is 27.8 Å². The number of ether oxygens (including phenoxy) is 1. The van der Waals surface area contributed by atoms with Gasteiger partial charge in [0, 0.05) is 13.0 Å². The van der Waals surface area contributed by atoms with Crippen molar-refractivity contribution >= 4 is 29.0 Å². The van der Waals surface area contributed by atoms with E-state index in [9.17, 15) is 0 Å². The first-order valence-corrected chi connectivity index (χ1v) is 7.37. The molecule has 0 radical (unpaired) electrons. The van der Waals surface area contributed by atoms with E-state index in [-0.39, 0.29) is 5.92 Å². The summed E-state index contributed by atoms with van der Waals surface area (Å²) >= 11 is 12.2. The van der Waals surface area contributed by atoms with Crippen LogP contribution in [0.25, 0.3) is 0 Å². The molecular weight excluding hydrogens is 309 g/mol. The highest BCUT2D eigenvalue weighted by Crippen LogP contribution is 2.36. The Hall–Kier alpha value is -1.52. The molecule has 0 unspecified atom stereocenters. The zero-order valence-corrected chi connectivity index (χ0v) is 13.9. The molecule has 1 N–H and O–H groups in total. The van der Waals surface area contributed by atoms with Crippen molar-refractivity contribution in [2.45, 2.75) is 26.7 Å². The van der Waals surface area contributed by atoms with Crippen LogP contribution in [0.15, 0.2) is 18.2 Å². The molecule has 1 heterocycles. The maximum absolute atomic E-state index is 6.16. The molecule has 0 aliphatic heterocycles. The molecule has 1 aromatic carbocycles. The largest absolute Gasteiger partial charge is 0.437 e. The second-order valence-electron chi connectivity index (χ2n) is 4.92. The molecule has 1 aromatic heterocycles. The molecular formula is C15H17Cl2N3O. The van der Waals surface area contributed by atoms with Crippen molar-refractivity contribution in [3.05, 3.63) is 39.6 Å². The van der Waals surface area contributed by atoms with Crippen molar-refractivity contribution in [2.24, 2.45) is 0 Å². The molecule has 0 fully saturated rings. The van der Waals surface area contributed by atoms with Crippen molar-refractivity contribution in [2.75, 3.05) is 12.4 Å². The molecule has 0 saturated carbocycles. The van der Waals surface area contributed by atoms with Gasteiger partial charge in [0.1, 0.15) is 22.4 Å². The summed E-state index contributed by atoms with van der Waals surface area (Å²) in [5.41, 5.74) is 0.818. The van der Waals surface area contributed by atoms with Crippen molar-refractivity contribution in [3.63, 3.8) is 0 Å². The molecule has 0 amide bonds. The van der Waals surface area contributed by atoms with E-state index in [4.69, 9.17) is 27.9 Å². The highest BCUT2D eigenvalue weighted by atomic mass is 35.5. The third-order valence-corrected chi connectivity index (χ3v) is 3.80. The number of hydrogen-bond donors (Lipinski definition) is 1. The van der Waals surface area contributed by atoms with Gasteiger partial charge in [-0.2, -0.15) is 4.98 Å². The number of anilines is 1. The second-order valence-corrected chi connectivity index (χ2v) is 5.70. The van der Waals surface area contributed by atoms with Crippen LogP contribution in [0.4, 0.5) is 5.82 Å². The molecule has 2 rings (SSSR count). The highest BCUT2D eigenvalue weighted by Gasteiger charge is 2.15. The number of nitrogens with zero attached hydrogens (tertiary/aromatic N) is 2. The summed E-state index contributed by atoms with van der Waals surface area (Å²) in [5.74, 6) is 2.58. The summed E-state index contributed by atoms with van der Waals surface area (Å²) in [6.07, 6.45) is 0. The molecule has 0 aliphatic carbocycles. The van der Waals surface area contributed by atoms with Gasteiger partial charge in [-0.05, 0) is 19.1 Å². The minimum absolute atomic E-state index is 0.190. The van der Waals surface area contributed by atoms with Crippen LogP contribution in [0.2, 0.25) is 10.0 Å². The van der Waals surface area contributed by atoms with Crippen LogP contribution in [-0.2, 0) is 0 Å². The molecule has 112 valence electrons. The van der Waals surface area contributed by atoms with E-state index in [0.29, 0.717) is 27.5 Å². The van der Waals surface area contributed by atoms with E-state index in [0.717, 1.165) is 11.4 Å². The third kappa shape index (κ3) is 3.39. The van der Waals surface area contributed by atoms with E-state index < -0.39 is 0 Å². The number of benzene rings is 1. The van der Waals surface area contributed by atoms with E-state index in [1.165, 1.54) is 0 Å². The van der Waals surface area contributed by atoms with E-state index in [2.05, 4.69) is 15.3 Å². The van der Waals surface area contributed by atoms with E-state index in [1.54, 1.807) is 18.2 Å². The Morgan fingerprint density at radius 2 is 1.90 bits per heavy atom. The molecule has 0 atom stereocenters. The Kier molecular flexibility index (Phi) is 4.91. The number of rotatable bonds is 4. The highest BCUT2D eigenvalue weighted by molar-refractivity contribution is 6.42. The summed E-state index contributed by atoms with van der Waals surface area (Å²) in [6.45, 7) is 5.95. The lowest BCUT2D eigenvalue weighted by molar-refractivity contribution is 0.453. The average Bonchev–Trinajstić information content (AvgIpc) is 2.45. The summed E-state index contributed by atoms with van der Waals surface area (Å²) in [4.78, 5) is 8.94. The second kappa shape index (κ2) is 6.50. The minimum atomic E-state index is 0.190. The van der Waals surface area contributed by atoms with Crippen molar-refractivity contribution in [1.29, 1.82) is 0 Å². The lowest BCUT2D eigenvalue weighted by atomic mass is 10.2. The summed E-state index contributed by atoms with van der Waals surface area (Å²) in [7, 11) is 1.82. The molecule has 0 aliphatic rings. The molecule has 2 aromatic rings. The van der Waals surface area contributed by atoms with Crippen LogP contribution in [0.3, 0.4) is 0 Å². The third-order valence-electron chi connectivity index (χ3n) is 2.99. The Morgan fingerprint density at radius 3 is 2.52 bits per heavy atom. The van der Waals surface area contributed by atoms with E-state index >= 15 is 0 Å². The lowest BCUT2D eigenvalue weighted by Gasteiger charge is -2.15. The molecule has 4 nitrogen and oxygen atoms in total. The zero-order valence-electron chi connectivity index (χ0n) is 12.4. The minimum Gasteiger partial charge on any atom is -0.437 e. The molecule has 21 heavy (non-hydrogen) atoms. The standard InChI is InChI=1S/C15H17Cl2N3O/c1-8(2)13-19-14(18-4)9(3)15(20-13)21-11-7-5-6-10(16)12(11)17/h5-8H,1-4H3,(H,18,19,20). The maximum Gasteiger partial charge on any atom is 0.227 e. The fraction of sp³-hybridized carbons (Fsp3) is 0.333. The normalized spacial score (nSPS) is 10.8. The molecule has 0 saturated heterocycles. The maximum atomic E-state index is 6.16. The van der Waals surface area contributed by atoms with Gasteiger partial charge in [-0.15, -0.1) is 0 Å². The van der Waals surface area contributed by atoms with Crippen molar-refractivity contribution in [3.8, 4) is 11.6 Å². The Morgan fingerprint density at radius 1 is 1.19 bits per heavy atom. The predicted octanol–water partition coefficient (Wildman–Crippen LogP) is 5.05. The van der Waals surface area contributed by atoms with Crippen molar-refractivity contribution < 1.29 is 4.74 Å². The fourth-order valence-electron chi connectivity index (χ4n) is 1.78. The number of halogens is 2. The first-order valence-electron chi connectivity index (χ1n) is 6.62. The van der Waals surface area contributed by atoms with Crippen LogP contribution in [0, 0.1) is 6.92 Å². The average molecular weight is 326 g/mol. The van der Waals surface area contributed by atoms with Crippen LogP contribution >= 0.6 is 23.2 Å². The fourth-order valence-corrected chi connectivity index (χ4v) is 2.11. The van der Waals surface area contributed by atoms with Gasteiger partial charge in [0.2, 0.25) is 5.88 Å². The quantitative estimate of drug-likeness (QED) is 0.854. The predicted molar refractivity (Wildman–Crippen MR) is 86.9 cm³/mol. The topological polar surface area (TPSA) is 47.0 Å². The van der Waals surface area contributed by atoms with Gasteiger partial charge in [-0.25, -0.2) is 4.98 Å². The first kappa shape index (κ1) is 15.9. The van der Waals surface area contributed by atoms with Crippen LogP contribution in [0.1, 0.15) is 31.2 Å². The van der Waals surface area contributed by atoms with Crippen LogP contribution in [-0.4, -0.2) is 17.0 Å². The van der Waals surface area contributed by atoms with Gasteiger partial charge in [0.25, 0.3) is 0 Å². The zero-order chi connectivity index (χ0) is 15.6. The van der Waals surface area contributed by atoms with Gasteiger partial charge in [-0.1, -0.05) is 43.1 Å². The van der Waals surface area contributed by atoms with Crippen molar-refractivity contribution in [1.82, 2.24) is 9.97 Å². The van der Waals surface area contributed by atoms with Gasteiger partial charge in [0.15, 0.2) is 0 Å². The number of aromatic nitrogens is 2. The molecule has 0 spiro atoms. The SMILES string of the molecule is CNc1nc(C(C)C)nc(Oc2cccc(Cl)c2Cl)c1C. The summed E-state index contributed by atoms with van der Waals surface area (Å²) in [6, 6.07) is 5.24. The van der Waals surface area contributed by atoms with Crippen LogP contribution in [0.5, 0.6) is 11.6 Å². The smallest absolute Gasteiger partial charge is 0.227 e. The molecule has 0 bridgehead atoms. The summed E-state index contributed by atoms with van der Waals surface area (Å²) < 4.78 is 5.85. The van der Waals surface area contributed by atoms with Crippen LogP contribution < -0.4 is 10.1 Å². The lowest BCUT2D eigenvalue weighted by Crippen LogP contribution is -2.06. The monoisotopic (exact) mass is 325 g/mol. The first-order chi connectivity index (χ1) is 9.93. The van der Waals surface area contributed by atoms with Gasteiger partial charge < -0.3 is 10.1 Å². The number of hydrogen-bond acceptors (Lipinski definition) is 4.